The van der Waals surface area contributed by atoms with Gasteiger partial charge in [0.25, 0.3) is 0 Å². The van der Waals surface area contributed by atoms with Crippen molar-refractivity contribution in [3.63, 3.8) is 0 Å². The molecular formula is C59H106O6. The van der Waals surface area contributed by atoms with Crippen LogP contribution >= 0.6 is 0 Å². The molecule has 0 radical (unpaired) electrons. The minimum atomic E-state index is -0.782. The number of rotatable bonds is 51. The monoisotopic (exact) mass is 911 g/mol. The largest absolute Gasteiger partial charge is 0.462 e. The van der Waals surface area contributed by atoms with Crippen LogP contribution in [0, 0.1) is 0 Å². The van der Waals surface area contributed by atoms with Crippen LogP contribution < -0.4 is 0 Å². The Balaban J connectivity index is 4.40. The van der Waals surface area contributed by atoms with Gasteiger partial charge in [0, 0.05) is 19.3 Å². The molecular weight excluding hydrogens is 805 g/mol. The van der Waals surface area contributed by atoms with Gasteiger partial charge in [0.2, 0.25) is 0 Å². The summed E-state index contributed by atoms with van der Waals surface area (Å²) in [5.74, 6) is -0.894. The summed E-state index contributed by atoms with van der Waals surface area (Å²) in [6.45, 7) is 6.61. The average Bonchev–Trinajstić information content (AvgIpc) is 3.30. The van der Waals surface area contributed by atoms with Crippen molar-refractivity contribution in [2.24, 2.45) is 0 Å². The van der Waals surface area contributed by atoms with Gasteiger partial charge in [0.15, 0.2) is 6.10 Å². The molecule has 6 nitrogen and oxygen atoms in total. The lowest BCUT2D eigenvalue weighted by Gasteiger charge is -2.18. The van der Waals surface area contributed by atoms with E-state index in [9.17, 15) is 14.4 Å². The molecule has 0 aliphatic carbocycles. The SMILES string of the molecule is CCCCC/C=C\C/C=C\C/C=C\CCCCCCC(=O)OC[C@@H](COC(=O)CCCCCCCCCCCCCCC)OC(=O)CCCCCCCCC/C=C\CCCCCCCC. The molecule has 0 aromatic rings. The molecule has 0 aromatic heterocycles. The van der Waals surface area contributed by atoms with E-state index >= 15 is 0 Å². The Labute approximate surface area is 403 Å². The highest BCUT2D eigenvalue weighted by Crippen LogP contribution is 2.15. The zero-order valence-corrected chi connectivity index (χ0v) is 43.3. The molecule has 0 spiro atoms. The van der Waals surface area contributed by atoms with Crippen molar-refractivity contribution in [2.45, 2.75) is 297 Å². The molecule has 0 rings (SSSR count). The standard InChI is InChI=1S/C59H106O6/c1-4-7-10-13-16-19-22-25-27-29-31-34-37-40-43-46-49-52-58(61)64-55-56(54-63-57(60)51-48-45-42-39-36-33-24-21-18-15-12-9-6-3)65-59(62)53-50-47-44-41-38-35-32-30-28-26-23-20-17-14-11-8-5-2/h16,19,25-28,31,34,56H,4-15,17-18,20-24,29-30,32-33,35-55H2,1-3H3/b19-16-,27-25-,28-26-,34-31-/t56-/m1/s1. The van der Waals surface area contributed by atoms with Crippen LogP contribution in [0.3, 0.4) is 0 Å². The number of unbranched alkanes of at least 4 members (excludes halogenated alkanes) is 32. The van der Waals surface area contributed by atoms with Gasteiger partial charge < -0.3 is 14.2 Å². The fourth-order valence-corrected chi connectivity index (χ4v) is 8.03. The van der Waals surface area contributed by atoms with E-state index in [1.54, 1.807) is 0 Å². The van der Waals surface area contributed by atoms with E-state index < -0.39 is 6.10 Å². The molecule has 0 bridgehead atoms. The van der Waals surface area contributed by atoms with Crippen molar-refractivity contribution < 1.29 is 28.6 Å². The summed E-state index contributed by atoms with van der Waals surface area (Å²) >= 11 is 0. The summed E-state index contributed by atoms with van der Waals surface area (Å²) in [6, 6.07) is 0. The molecule has 0 fully saturated rings. The van der Waals surface area contributed by atoms with Gasteiger partial charge in [-0.15, -0.1) is 0 Å². The van der Waals surface area contributed by atoms with Crippen molar-refractivity contribution in [1.29, 1.82) is 0 Å². The second-order valence-corrected chi connectivity index (χ2v) is 18.8. The zero-order valence-electron chi connectivity index (χ0n) is 43.3. The first-order valence-corrected chi connectivity index (χ1v) is 28.1. The Morgan fingerprint density at radius 1 is 0.308 bits per heavy atom. The van der Waals surface area contributed by atoms with Crippen LogP contribution in [0.2, 0.25) is 0 Å². The van der Waals surface area contributed by atoms with Crippen LogP contribution in [-0.2, 0) is 28.6 Å². The Bertz CT molecular complexity index is 1140. The highest BCUT2D eigenvalue weighted by molar-refractivity contribution is 5.71. The van der Waals surface area contributed by atoms with Crippen LogP contribution in [0.1, 0.15) is 290 Å². The predicted octanol–water partition coefficient (Wildman–Crippen LogP) is 18.7. The number of hydrogen-bond donors (Lipinski definition) is 0. The second kappa shape index (κ2) is 54.0. The molecule has 1 atom stereocenters. The number of carbonyl (C=O) groups is 3. The van der Waals surface area contributed by atoms with Gasteiger partial charge in [-0.2, -0.15) is 0 Å². The Morgan fingerprint density at radius 3 is 0.908 bits per heavy atom. The number of carbonyl (C=O) groups excluding carboxylic acids is 3. The van der Waals surface area contributed by atoms with Gasteiger partial charge in [-0.25, -0.2) is 0 Å². The Hall–Kier alpha value is -2.63. The summed E-state index contributed by atoms with van der Waals surface area (Å²) in [5.41, 5.74) is 0. The molecule has 0 aliphatic heterocycles. The highest BCUT2D eigenvalue weighted by atomic mass is 16.6. The molecule has 0 aliphatic rings. The van der Waals surface area contributed by atoms with Crippen molar-refractivity contribution in [3.8, 4) is 0 Å². The maximum atomic E-state index is 12.8. The van der Waals surface area contributed by atoms with Crippen LogP contribution in [0.5, 0.6) is 0 Å². The van der Waals surface area contributed by atoms with Gasteiger partial charge in [0.1, 0.15) is 13.2 Å². The number of hydrogen-bond acceptors (Lipinski definition) is 6. The zero-order chi connectivity index (χ0) is 47.2. The van der Waals surface area contributed by atoms with Crippen molar-refractivity contribution in [2.75, 3.05) is 13.2 Å². The lowest BCUT2D eigenvalue weighted by atomic mass is 10.0. The van der Waals surface area contributed by atoms with Gasteiger partial charge in [-0.05, 0) is 83.5 Å². The summed E-state index contributed by atoms with van der Waals surface area (Å²) in [6.07, 6.45) is 65.2. The second-order valence-electron chi connectivity index (χ2n) is 18.8. The number of allylic oxidation sites excluding steroid dienone is 8. The number of esters is 3. The van der Waals surface area contributed by atoms with Gasteiger partial charge in [-0.1, -0.05) is 236 Å². The smallest absolute Gasteiger partial charge is 0.306 e. The lowest BCUT2D eigenvalue weighted by Crippen LogP contribution is -2.30. The molecule has 6 heteroatoms. The molecule has 0 saturated carbocycles. The third kappa shape index (κ3) is 52.2. The predicted molar refractivity (Wildman–Crippen MR) is 279 cm³/mol. The molecule has 0 saturated heterocycles. The normalized spacial score (nSPS) is 12.4. The van der Waals surface area contributed by atoms with E-state index in [4.69, 9.17) is 14.2 Å². The van der Waals surface area contributed by atoms with E-state index in [-0.39, 0.29) is 31.1 Å². The fraction of sp³-hybridized carbons (Fsp3) is 0.814. The molecule has 0 N–H and O–H groups in total. The van der Waals surface area contributed by atoms with Crippen LogP contribution in [0.15, 0.2) is 48.6 Å². The summed E-state index contributed by atoms with van der Waals surface area (Å²) in [4.78, 5) is 38.1. The van der Waals surface area contributed by atoms with Crippen LogP contribution in [-0.4, -0.2) is 37.2 Å². The quantitative estimate of drug-likeness (QED) is 0.0262. The van der Waals surface area contributed by atoms with E-state index in [1.165, 1.54) is 167 Å². The van der Waals surface area contributed by atoms with Gasteiger partial charge in [-0.3, -0.25) is 14.4 Å². The fourth-order valence-electron chi connectivity index (χ4n) is 8.03. The minimum absolute atomic E-state index is 0.0793. The lowest BCUT2D eigenvalue weighted by molar-refractivity contribution is -0.167. The minimum Gasteiger partial charge on any atom is -0.462 e. The van der Waals surface area contributed by atoms with E-state index in [1.807, 2.05) is 0 Å². The Morgan fingerprint density at radius 2 is 0.554 bits per heavy atom. The highest BCUT2D eigenvalue weighted by Gasteiger charge is 2.19. The first-order valence-electron chi connectivity index (χ1n) is 28.1. The first-order chi connectivity index (χ1) is 32.0. The molecule has 0 amide bonds. The average molecular weight is 911 g/mol. The molecule has 0 heterocycles. The van der Waals surface area contributed by atoms with Crippen LogP contribution in [0.25, 0.3) is 0 Å². The maximum absolute atomic E-state index is 12.8. The van der Waals surface area contributed by atoms with Crippen molar-refractivity contribution in [1.82, 2.24) is 0 Å². The van der Waals surface area contributed by atoms with Gasteiger partial charge >= 0.3 is 17.9 Å². The van der Waals surface area contributed by atoms with Crippen molar-refractivity contribution >= 4 is 17.9 Å². The maximum Gasteiger partial charge on any atom is 0.306 e. The van der Waals surface area contributed by atoms with Gasteiger partial charge in [0.05, 0.1) is 0 Å². The molecule has 0 unspecified atom stereocenters. The van der Waals surface area contributed by atoms with E-state index in [2.05, 4.69) is 69.4 Å². The Kier molecular flexibility index (Phi) is 51.8. The van der Waals surface area contributed by atoms with E-state index in [0.29, 0.717) is 19.3 Å². The third-order valence-corrected chi connectivity index (χ3v) is 12.3. The third-order valence-electron chi connectivity index (χ3n) is 12.3. The van der Waals surface area contributed by atoms with Crippen LogP contribution in [0.4, 0.5) is 0 Å². The van der Waals surface area contributed by atoms with E-state index in [0.717, 1.165) is 83.5 Å². The first kappa shape index (κ1) is 62.4. The number of ether oxygens (including phenoxy) is 3. The molecule has 378 valence electrons. The summed E-state index contributed by atoms with van der Waals surface area (Å²) in [5, 5.41) is 0. The molecule has 65 heavy (non-hydrogen) atoms. The molecule has 0 aromatic carbocycles. The topological polar surface area (TPSA) is 78.9 Å². The summed E-state index contributed by atoms with van der Waals surface area (Å²) < 4.78 is 16.8. The van der Waals surface area contributed by atoms with Crippen molar-refractivity contribution in [3.05, 3.63) is 48.6 Å². The summed E-state index contributed by atoms with van der Waals surface area (Å²) in [7, 11) is 0.